The number of aromatic nitrogens is 6. The summed E-state index contributed by atoms with van der Waals surface area (Å²) in [5, 5.41) is 20.4. The molecule has 4 fully saturated rings. The molecule has 8 heteroatoms. The lowest BCUT2D eigenvalue weighted by atomic mass is 9.50. The maximum Gasteiger partial charge on any atom is 0.322 e. The van der Waals surface area contributed by atoms with Gasteiger partial charge in [0.25, 0.3) is 0 Å². The second-order valence-corrected chi connectivity index (χ2v) is 8.61. The number of hydrogen-bond donors (Lipinski definition) is 1. The molecule has 2 atom stereocenters. The van der Waals surface area contributed by atoms with Gasteiger partial charge < -0.3 is 9.84 Å². The molecular weight excluding hydrogens is 342 g/mol. The summed E-state index contributed by atoms with van der Waals surface area (Å²) in [5.41, 5.74) is 0.900. The largest absolute Gasteiger partial charge is 0.332 e. The van der Waals surface area contributed by atoms with Crippen molar-refractivity contribution in [2.75, 3.05) is 5.32 Å². The van der Waals surface area contributed by atoms with Gasteiger partial charge in [-0.15, -0.1) is 10.2 Å². The summed E-state index contributed by atoms with van der Waals surface area (Å²) >= 11 is 0. The Balaban J connectivity index is 1.31. The normalized spacial score (nSPS) is 34.1. The van der Waals surface area contributed by atoms with E-state index in [0.717, 1.165) is 37.7 Å². The van der Waals surface area contributed by atoms with E-state index in [1.54, 1.807) is 6.33 Å². The number of tetrazole rings is 1. The van der Waals surface area contributed by atoms with E-state index in [-0.39, 0.29) is 11.1 Å². The minimum absolute atomic E-state index is 0.0296. The van der Waals surface area contributed by atoms with E-state index in [4.69, 9.17) is 4.52 Å². The third-order valence-electron chi connectivity index (χ3n) is 6.63. The van der Waals surface area contributed by atoms with Crippen LogP contribution in [0.25, 0.3) is 11.4 Å². The Hall–Kier alpha value is -2.77. The van der Waals surface area contributed by atoms with Crippen LogP contribution in [0.15, 0.2) is 41.2 Å². The molecular formula is C19H21N7O. The lowest BCUT2D eigenvalue weighted by Crippen LogP contribution is -2.63. The number of anilines is 1. The van der Waals surface area contributed by atoms with E-state index in [2.05, 4.69) is 30.9 Å². The molecule has 0 aliphatic heterocycles. The molecule has 138 valence electrons. The quantitative estimate of drug-likeness (QED) is 0.761. The van der Waals surface area contributed by atoms with Crippen LogP contribution in [0.5, 0.6) is 0 Å². The van der Waals surface area contributed by atoms with E-state index >= 15 is 0 Å². The Morgan fingerprint density at radius 2 is 1.89 bits per heavy atom. The predicted octanol–water partition coefficient (Wildman–Crippen LogP) is 2.88. The van der Waals surface area contributed by atoms with E-state index < -0.39 is 0 Å². The average Bonchev–Trinajstić information content (AvgIpc) is 3.33. The number of hydrogen-bond acceptors (Lipinski definition) is 7. The van der Waals surface area contributed by atoms with Crippen LogP contribution in [0, 0.1) is 11.8 Å². The van der Waals surface area contributed by atoms with Gasteiger partial charge in [-0.2, -0.15) is 9.78 Å². The molecule has 4 aliphatic carbocycles. The first-order valence-corrected chi connectivity index (χ1v) is 9.63. The van der Waals surface area contributed by atoms with Crippen molar-refractivity contribution in [3.8, 4) is 11.4 Å². The number of nitrogens with zero attached hydrogens (tertiary/aromatic N) is 6. The van der Waals surface area contributed by atoms with E-state index in [9.17, 15) is 0 Å². The van der Waals surface area contributed by atoms with Gasteiger partial charge >= 0.3 is 6.01 Å². The minimum Gasteiger partial charge on any atom is -0.332 e. The molecule has 0 radical (unpaired) electrons. The summed E-state index contributed by atoms with van der Waals surface area (Å²) in [5.74, 6) is 1.98. The van der Waals surface area contributed by atoms with Crippen molar-refractivity contribution in [1.29, 1.82) is 0 Å². The highest BCUT2D eigenvalue weighted by Gasteiger charge is 2.60. The monoisotopic (exact) mass is 363 g/mol. The van der Waals surface area contributed by atoms with Crippen LogP contribution in [0.1, 0.15) is 38.5 Å². The zero-order valence-electron chi connectivity index (χ0n) is 15.0. The van der Waals surface area contributed by atoms with Crippen LogP contribution in [0.4, 0.5) is 6.01 Å². The minimum atomic E-state index is -0.0319. The zero-order chi connectivity index (χ0) is 17.9. The van der Waals surface area contributed by atoms with Crippen molar-refractivity contribution in [1.82, 2.24) is 30.3 Å². The summed E-state index contributed by atoms with van der Waals surface area (Å²) in [6.07, 6.45) is 8.39. The summed E-state index contributed by atoms with van der Waals surface area (Å²) in [4.78, 5) is 6.47. The lowest BCUT2D eigenvalue weighted by Gasteiger charge is -2.61. The molecule has 1 N–H and O–H groups in total. The first-order valence-electron chi connectivity index (χ1n) is 9.63. The van der Waals surface area contributed by atoms with E-state index in [0.29, 0.717) is 23.7 Å². The molecule has 8 nitrogen and oxygen atoms in total. The molecule has 4 bridgehead atoms. The Bertz CT molecular complexity index is 938. The topological polar surface area (TPSA) is 94.6 Å². The summed E-state index contributed by atoms with van der Waals surface area (Å²) in [6.45, 7) is 0. The molecule has 0 saturated heterocycles. The van der Waals surface area contributed by atoms with Gasteiger partial charge in [0.2, 0.25) is 5.82 Å². The Morgan fingerprint density at radius 3 is 2.63 bits per heavy atom. The highest BCUT2D eigenvalue weighted by atomic mass is 16.5. The first kappa shape index (κ1) is 15.3. The van der Waals surface area contributed by atoms with E-state index in [1.165, 1.54) is 6.42 Å². The first-order chi connectivity index (χ1) is 13.2. The summed E-state index contributed by atoms with van der Waals surface area (Å²) < 4.78 is 5.56. The fraction of sp³-hybridized carbons (Fsp3) is 0.526. The predicted molar refractivity (Wildman–Crippen MR) is 96.6 cm³/mol. The zero-order valence-corrected chi connectivity index (χ0v) is 15.0. The SMILES string of the molecule is c1ccc(-c2noc(NC34CC5CC(C3)CC(n3ncnn3)(C5)C4)n2)cc1. The molecule has 1 aromatic carbocycles. The third kappa shape index (κ3) is 2.39. The van der Waals surface area contributed by atoms with Gasteiger partial charge in [0, 0.05) is 11.1 Å². The Kier molecular flexibility index (Phi) is 3.04. The summed E-state index contributed by atoms with van der Waals surface area (Å²) in [7, 11) is 0. The van der Waals surface area contributed by atoms with Crippen molar-refractivity contribution in [3.63, 3.8) is 0 Å². The molecule has 0 spiro atoms. The third-order valence-corrected chi connectivity index (χ3v) is 6.63. The Morgan fingerprint density at radius 1 is 1.07 bits per heavy atom. The second-order valence-electron chi connectivity index (χ2n) is 8.61. The maximum atomic E-state index is 5.56. The van der Waals surface area contributed by atoms with Crippen molar-refractivity contribution in [2.45, 2.75) is 49.6 Å². The average molecular weight is 363 g/mol. The van der Waals surface area contributed by atoms with Crippen LogP contribution in [0.3, 0.4) is 0 Å². The number of nitrogens with one attached hydrogen (secondary N) is 1. The van der Waals surface area contributed by atoms with Gasteiger partial charge in [-0.3, -0.25) is 0 Å². The molecule has 4 aliphatic rings. The van der Waals surface area contributed by atoms with Gasteiger partial charge in [0.15, 0.2) is 6.33 Å². The van der Waals surface area contributed by atoms with Crippen LogP contribution in [-0.2, 0) is 5.54 Å². The van der Waals surface area contributed by atoms with Gasteiger partial charge in [-0.1, -0.05) is 35.5 Å². The van der Waals surface area contributed by atoms with Crippen molar-refractivity contribution in [3.05, 3.63) is 36.7 Å². The van der Waals surface area contributed by atoms with Crippen LogP contribution in [-0.4, -0.2) is 35.9 Å². The van der Waals surface area contributed by atoms with Crippen LogP contribution >= 0.6 is 0 Å². The molecule has 2 heterocycles. The standard InChI is InChI=1S/C19H21N7O/c1-2-4-15(5-3-1)16-22-17(27-24-16)23-18-7-13-6-14(8-18)10-19(9-13,11-18)26-21-12-20-25-26/h1-5,12-14H,6-11H2,(H,22,23,24). The fourth-order valence-corrected chi connectivity index (χ4v) is 6.18. The molecule has 2 aromatic heterocycles. The second kappa shape index (κ2) is 5.37. The van der Waals surface area contributed by atoms with Crippen molar-refractivity contribution in [2.24, 2.45) is 11.8 Å². The maximum absolute atomic E-state index is 5.56. The van der Waals surface area contributed by atoms with E-state index in [1.807, 2.05) is 35.1 Å². The smallest absolute Gasteiger partial charge is 0.322 e. The van der Waals surface area contributed by atoms with Crippen molar-refractivity contribution >= 4 is 6.01 Å². The van der Waals surface area contributed by atoms with Gasteiger partial charge in [0.05, 0.1) is 5.54 Å². The molecule has 7 rings (SSSR count). The van der Waals surface area contributed by atoms with Crippen LogP contribution < -0.4 is 5.32 Å². The molecule has 0 amide bonds. The number of benzene rings is 1. The number of rotatable bonds is 4. The van der Waals surface area contributed by atoms with Crippen LogP contribution in [0.2, 0.25) is 0 Å². The Labute approximate surface area is 156 Å². The molecule has 4 saturated carbocycles. The molecule has 27 heavy (non-hydrogen) atoms. The lowest BCUT2D eigenvalue weighted by molar-refractivity contribution is -0.0640. The summed E-state index contributed by atoms with van der Waals surface area (Å²) in [6, 6.07) is 10.4. The van der Waals surface area contributed by atoms with Gasteiger partial charge in [-0.25, -0.2) is 0 Å². The fourth-order valence-electron chi connectivity index (χ4n) is 6.18. The molecule has 3 aromatic rings. The van der Waals surface area contributed by atoms with Gasteiger partial charge in [-0.05, 0) is 55.6 Å². The van der Waals surface area contributed by atoms with Crippen molar-refractivity contribution < 1.29 is 4.52 Å². The van der Waals surface area contributed by atoms with Gasteiger partial charge in [0.1, 0.15) is 0 Å². The highest BCUT2D eigenvalue weighted by Crippen LogP contribution is 2.60. The highest BCUT2D eigenvalue weighted by molar-refractivity contribution is 5.55. The molecule has 2 unspecified atom stereocenters.